The fourth-order valence-corrected chi connectivity index (χ4v) is 3.72. The Morgan fingerprint density at radius 2 is 2.21 bits per heavy atom. The van der Waals surface area contributed by atoms with E-state index < -0.39 is 0 Å². The quantitative estimate of drug-likeness (QED) is 0.777. The fraction of sp³-hybridized carbons (Fsp3) is 0.385. The monoisotopic (exact) mass is 403 g/mol. The average Bonchev–Trinajstić information content (AvgIpc) is 2.88. The molecular formula is C13H15Br2N3S. The summed E-state index contributed by atoms with van der Waals surface area (Å²) in [5.41, 5.74) is 2.92. The van der Waals surface area contributed by atoms with Crippen molar-refractivity contribution in [2.24, 2.45) is 0 Å². The molecule has 0 saturated heterocycles. The van der Waals surface area contributed by atoms with Gasteiger partial charge in [0.1, 0.15) is 0 Å². The van der Waals surface area contributed by atoms with Gasteiger partial charge in [-0.1, -0.05) is 6.92 Å². The molecule has 0 aliphatic rings. The van der Waals surface area contributed by atoms with Crippen LogP contribution in [-0.4, -0.2) is 16.5 Å². The van der Waals surface area contributed by atoms with E-state index in [4.69, 9.17) is 0 Å². The van der Waals surface area contributed by atoms with Crippen LogP contribution < -0.4 is 5.32 Å². The maximum Gasteiger partial charge on any atom is 0.0794 e. The van der Waals surface area contributed by atoms with Crippen molar-refractivity contribution in [1.82, 2.24) is 15.3 Å². The Kier molecular flexibility index (Phi) is 5.94. The summed E-state index contributed by atoms with van der Waals surface area (Å²) in [7, 11) is 0. The van der Waals surface area contributed by atoms with Gasteiger partial charge in [-0.3, -0.25) is 9.97 Å². The van der Waals surface area contributed by atoms with Crippen molar-refractivity contribution >= 4 is 43.2 Å². The Morgan fingerprint density at radius 3 is 2.84 bits per heavy atom. The summed E-state index contributed by atoms with van der Waals surface area (Å²) in [6, 6.07) is 2.25. The van der Waals surface area contributed by atoms with E-state index in [1.165, 1.54) is 4.88 Å². The van der Waals surface area contributed by atoms with E-state index in [0.29, 0.717) is 0 Å². The molecule has 0 aliphatic heterocycles. The molecule has 2 aromatic rings. The molecule has 0 saturated carbocycles. The molecule has 0 spiro atoms. The van der Waals surface area contributed by atoms with E-state index in [0.717, 1.165) is 34.0 Å². The molecule has 2 aromatic heterocycles. The van der Waals surface area contributed by atoms with Gasteiger partial charge in [0.25, 0.3) is 0 Å². The first-order valence-corrected chi connectivity index (χ1v) is 8.59. The number of hydrogen-bond acceptors (Lipinski definition) is 4. The Balaban J connectivity index is 2.20. The van der Waals surface area contributed by atoms with E-state index in [1.54, 1.807) is 11.3 Å². The summed E-state index contributed by atoms with van der Waals surface area (Å²) in [5, 5.41) is 3.56. The van der Waals surface area contributed by atoms with Crippen molar-refractivity contribution < 1.29 is 0 Å². The highest BCUT2D eigenvalue weighted by Gasteiger charge is 2.17. The first kappa shape index (κ1) is 15.1. The summed E-state index contributed by atoms with van der Waals surface area (Å²) in [4.78, 5) is 9.95. The van der Waals surface area contributed by atoms with Gasteiger partial charge < -0.3 is 5.32 Å². The molecule has 2 heterocycles. The van der Waals surface area contributed by atoms with Crippen molar-refractivity contribution in [3.8, 4) is 0 Å². The number of halogens is 2. The van der Waals surface area contributed by atoms with Crippen molar-refractivity contribution in [3.63, 3.8) is 0 Å². The smallest absolute Gasteiger partial charge is 0.0794 e. The SMILES string of the molecule is CCCNC(Cc1cncs1)c1ncc(Br)cc1Br. The second kappa shape index (κ2) is 7.47. The predicted molar refractivity (Wildman–Crippen MR) is 86.5 cm³/mol. The fourth-order valence-electron chi connectivity index (χ4n) is 1.81. The first-order valence-electron chi connectivity index (χ1n) is 6.12. The van der Waals surface area contributed by atoms with Gasteiger partial charge in [-0.05, 0) is 50.9 Å². The van der Waals surface area contributed by atoms with E-state index in [1.807, 2.05) is 24.0 Å². The minimum atomic E-state index is 0.211. The summed E-state index contributed by atoms with van der Waals surface area (Å²) < 4.78 is 2.01. The van der Waals surface area contributed by atoms with Crippen molar-refractivity contribution in [2.75, 3.05) is 6.54 Å². The Bertz CT molecular complexity index is 517. The maximum absolute atomic E-state index is 4.54. The molecule has 1 atom stereocenters. The Morgan fingerprint density at radius 1 is 1.37 bits per heavy atom. The number of hydrogen-bond donors (Lipinski definition) is 1. The lowest BCUT2D eigenvalue weighted by molar-refractivity contribution is 0.518. The predicted octanol–water partition coefficient (Wildman–Crippen LogP) is 4.35. The van der Waals surface area contributed by atoms with Gasteiger partial charge in [-0.25, -0.2) is 0 Å². The van der Waals surface area contributed by atoms with Gasteiger partial charge in [0, 0.05) is 32.6 Å². The molecule has 0 bridgehead atoms. The molecule has 102 valence electrons. The molecule has 6 heteroatoms. The molecule has 0 aromatic carbocycles. The molecule has 0 aliphatic carbocycles. The van der Waals surface area contributed by atoms with Crippen LogP contribution in [-0.2, 0) is 6.42 Å². The van der Waals surface area contributed by atoms with Crippen molar-refractivity contribution in [3.05, 3.63) is 43.5 Å². The van der Waals surface area contributed by atoms with E-state index in [-0.39, 0.29) is 6.04 Å². The third-order valence-corrected chi connectivity index (χ3v) is 4.57. The zero-order chi connectivity index (χ0) is 13.7. The number of pyridine rings is 1. The van der Waals surface area contributed by atoms with Crippen LogP contribution in [0.15, 0.2) is 32.9 Å². The van der Waals surface area contributed by atoms with Gasteiger partial charge in [0.2, 0.25) is 0 Å². The molecule has 1 N–H and O–H groups in total. The zero-order valence-electron chi connectivity index (χ0n) is 10.6. The number of nitrogens with zero attached hydrogens (tertiary/aromatic N) is 2. The van der Waals surface area contributed by atoms with Crippen LogP contribution in [0, 0.1) is 0 Å². The summed E-state index contributed by atoms with van der Waals surface area (Å²) >= 11 is 8.72. The summed E-state index contributed by atoms with van der Waals surface area (Å²) in [5.74, 6) is 0. The van der Waals surface area contributed by atoms with Crippen LogP contribution in [0.1, 0.15) is 30.0 Å². The molecule has 19 heavy (non-hydrogen) atoms. The second-order valence-corrected chi connectivity index (χ2v) is 6.94. The topological polar surface area (TPSA) is 37.8 Å². The normalized spacial score (nSPS) is 12.6. The highest BCUT2D eigenvalue weighted by Crippen LogP contribution is 2.27. The van der Waals surface area contributed by atoms with Gasteiger partial charge in [0.05, 0.1) is 17.2 Å². The van der Waals surface area contributed by atoms with E-state index >= 15 is 0 Å². The lowest BCUT2D eigenvalue weighted by atomic mass is 10.1. The standard InChI is InChI=1S/C13H15Br2N3S/c1-2-3-17-12(5-10-7-16-8-19-10)13-11(15)4-9(14)6-18-13/h4,6-8,12,17H,2-3,5H2,1H3. The van der Waals surface area contributed by atoms with Gasteiger partial charge >= 0.3 is 0 Å². The zero-order valence-corrected chi connectivity index (χ0v) is 14.6. The summed E-state index contributed by atoms with van der Waals surface area (Å²) in [6.45, 7) is 3.15. The average molecular weight is 405 g/mol. The van der Waals surface area contributed by atoms with Gasteiger partial charge in [-0.2, -0.15) is 0 Å². The van der Waals surface area contributed by atoms with Crippen LogP contribution in [0.4, 0.5) is 0 Å². The molecule has 0 amide bonds. The third-order valence-electron chi connectivity index (χ3n) is 2.70. The van der Waals surface area contributed by atoms with Crippen molar-refractivity contribution in [2.45, 2.75) is 25.8 Å². The molecule has 0 radical (unpaired) electrons. The Hall–Kier alpha value is -0.300. The highest BCUT2D eigenvalue weighted by atomic mass is 79.9. The maximum atomic E-state index is 4.54. The largest absolute Gasteiger partial charge is 0.308 e. The van der Waals surface area contributed by atoms with Gasteiger partial charge in [0.15, 0.2) is 0 Å². The molecule has 1 unspecified atom stereocenters. The number of aromatic nitrogens is 2. The minimum Gasteiger partial charge on any atom is -0.308 e. The Labute approximate surface area is 134 Å². The van der Waals surface area contributed by atoms with Gasteiger partial charge in [-0.15, -0.1) is 11.3 Å². The molecule has 0 fully saturated rings. The van der Waals surface area contributed by atoms with E-state index in [2.05, 4.69) is 54.1 Å². The van der Waals surface area contributed by atoms with Crippen LogP contribution in [0.3, 0.4) is 0 Å². The number of rotatable bonds is 6. The lowest BCUT2D eigenvalue weighted by Crippen LogP contribution is -2.25. The second-order valence-electron chi connectivity index (χ2n) is 4.20. The van der Waals surface area contributed by atoms with Crippen LogP contribution in [0.2, 0.25) is 0 Å². The minimum absolute atomic E-state index is 0.211. The molecule has 3 nitrogen and oxygen atoms in total. The number of nitrogens with one attached hydrogen (secondary N) is 1. The highest BCUT2D eigenvalue weighted by molar-refractivity contribution is 9.11. The van der Waals surface area contributed by atoms with Crippen LogP contribution in [0.5, 0.6) is 0 Å². The van der Waals surface area contributed by atoms with E-state index in [9.17, 15) is 0 Å². The van der Waals surface area contributed by atoms with Crippen molar-refractivity contribution in [1.29, 1.82) is 0 Å². The number of thiazole rings is 1. The van der Waals surface area contributed by atoms with Crippen LogP contribution in [0.25, 0.3) is 0 Å². The lowest BCUT2D eigenvalue weighted by Gasteiger charge is -2.18. The van der Waals surface area contributed by atoms with Crippen LogP contribution >= 0.6 is 43.2 Å². The first-order chi connectivity index (χ1) is 9.20. The molecular weight excluding hydrogens is 390 g/mol. The molecule has 2 rings (SSSR count). The third kappa shape index (κ3) is 4.34. The summed E-state index contributed by atoms with van der Waals surface area (Å²) in [6.07, 6.45) is 5.79.